The molecule has 22 nitrogen and oxygen atoms in total. The topological polar surface area (TPSA) is 378 Å². The zero-order valence-corrected chi connectivity index (χ0v) is 73.2. The van der Waals surface area contributed by atoms with E-state index in [1.54, 1.807) is 79.1 Å². The molecule has 0 saturated carbocycles. The highest BCUT2D eigenvalue weighted by molar-refractivity contribution is 6.16. The summed E-state index contributed by atoms with van der Waals surface area (Å²) in [5.74, 6) is 1.86. The maximum atomic E-state index is 9.81. The van der Waals surface area contributed by atoms with Gasteiger partial charge in [-0.2, -0.15) is 68.4 Å². The van der Waals surface area contributed by atoms with E-state index in [9.17, 15) is 68.4 Å². The Morgan fingerprint density at radius 1 is 0.150 bits per heavy atom. The summed E-state index contributed by atoms with van der Waals surface area (Å²) in [6, 6.07) is 129. The molecule has 0 spiro atoms. The largest absolute Gasteiger partial charge is 0.307 e. The molecule has 22 heteroatoms. The van der Waals surface area contributed by atoms with Gasteiger partial charge in [-0.05, 0) is 241 Å². The first-order valence-corrected chi connectivity index (χ1v) is 43.7. The molecule has 24 rings (SSSR count). The van der Waals surface area contributed by atoms with Crippen LogP contribution in [0.15, 0.2) is 340 Å². The Kier molecular flexibility index (Phi) is 20.3. The van der Waals surface area contributed by atoms with Crippen LogP contribution in [0.4, 0.5) is 0 Å². The monoisotopic (exact) mass is 1780 g/mol. The smallest absolute Gasteiger partial charge is 0.138 e. The molecular formula is C118H56N22. The number of fused-ring (bicyclic) bond motifs is 18. The van der Waals surface area contributed by atoms with Gasteiger partial charge in [0.2, 0.25) is 0 Å². The molecule has 0 amide bonds. The molecule has 0 aliphatic carbocycles. The number of benzene rings is 15. The summed E-state index contributed by atoms with van der Waals surface area (Å²) >= 11 is 0. The molecule has 0 unspecified atom stereocenters. The summed E-state index contributed by atoms with van der Waals surface area (Å²) in [7, 11) is 0. The fraction of sp³-hybridized carbons (Fsp3) is 0. The van der Waals surface area contributed by atoms with E-state index >= 15 is 0 Å². The van der Waals surface area contributed by atoms with Crippen molar-refractivity contribution in [2.45, 2.75) is 0 Å². The lowest BCUT2D eigenvalue weighted by molar-refractivity contribution is 1.05. The summed E-state index contributed by atoms with van der Waals surface area (Å²) in [6.07, 6.45) is 5.43. The molecule has 0 radical (unpaired) electrons. The van der Waals surface area contributed by atoms with E-state index < -0.39 is 0 Å². The van der Waals surface area contributed by atoms with Crippen LogP contribution in [0.2, 0.25) is 0 Å². The van der Waals surface area contributed by atoms with Crippen molar-refractivity contribution in [3.8, 4) is 147 Å². The highest BCUT2D eigenvalue weighted by Crippen LogP contribution is 2.46. The number of aromatic nitrogens is 9. The van der Waals surface area contributed by atoms with Crippen molar-refractivity contribution >= 4 is 131 Å². The minimum absolute atomic E-state index is 0.478. The van der Waals surface area contributed by atoms with Gasteiger partial charge in [0, 0.05) is 81.3 Å². The van der Waals surface area contributed by atoms with Gasteiger partial charge < -0.3 is 13.7 Å². The number of pyridine rings is 3. The highest BCUT2D eigenvalue weighted by atomic mass is 15.1. The lowest BCUT2D eigenvalue weighted by Gasteiger charge is -2.17. The van der Waals surface area contributed by atoms with Crippen molar-refractivity contribution in [3.05, 3.63) is 412 Å². The number of nitriles is 13. The van der Waals surface area contributed by atoms with E-state index in [0.717, 1.165) is 181 Å². The molecule has 9 aromatic heterocycles. The van der Waals surface area contributed by atoms with Crippen LogP contribution >= 0.6 is 0 Å². The molecule has 24 aromatic rings. The molecule has 0 N–H and O–H groups in total. The second-order valence-corrected chi connectivity index (χ2v) is 33.2. The van der Waals surface area contributed by atoms with E-state index in [0.29, 0.717) is 89.6 Å². The number of hydrogen-bond acceptors (Lipinski definition) is 16. The SMILES string of the molecule is N#Cc1cccc(-c2cc(-n3c4cc(C#N)ccc4c4ccc(C#N)cc43)ncc2-n2c3cc(C#N)ccc3c3ccc(C#N)cc32)c1.N#Cc1cccc(-c2cc(-n3c4ccc(C#N)cc4c4cc(C#N)ccc43)ncc2-n2c3ccc(C#N)cc3c3cc(C#N)ccc32)c1.N#Cc1cccc(-c2cc(-n3c4ccccc4c4cc(C#N)ccc43)ncc2-n2c3ccccc3c3cc(C#N)ccc32)c1. The third kappa shape index (κ3) is 13.8. The number of nitrogens with zero attached hydrogens (tertiary/aromatic N) is 22. The van der Waals surface area contributed by atoms with Crippen LogP contribution in [-0.2, 0) is 0 Å². The first kappa shape index (κ1) is 83.5. The van der Waals surface area contributed by atoms with Crippen molar-refractivity contribution in [1.29, 1.82) is 68.4 Å². The quantitative estimate of drug-likeness (QED) is 0.130. The fourth-order valence-corrected chi connectivity index (χ4v) is 19.4. The summed E-state index contributed by atoms with van der Waals surface area (Å²) in [4.78, 5) is 15.1. The Morgan fingerprint density at radius 2 is 0.343 bits per heavy atom. The highest BCUT2D eigenvalue weighted by Gasteiger charge is 2.27. The first-order chi connectivity index (χ1) is 68.8. The second kappa shape index (κ2) is 34.0. The average molecular weight is 1780 g/mol. The molecule has 0 aliphatic rings. The van der Waals surface area contributed by atoms with Crippen molar-refractivity contribution < 1.29 is 0 Å². The van der Waals surface area contributed by atoms with Crippen LogP contribution in [0.25, 0.3) is 199 Å². The van der Waals surface area contributed by atoms with Gasteiger partial charge in [-0.15, -0.1) is 0 Å². The molecular weight excluding hydrogens is 1730 g/mol. The van der Waals surface area contributed by atoms with Crippen molar-refractivity contribution in [2.24, 2.45) is 0 Å². The van der Waals surface area contributed by atoms with Gasteiger partial charge in [0.05, 0.1) is 253 Å². The molecule has 0 aliphatic heterocycles. The number of hydrogen-bond donors (Lipinski definition) is 0. The predicted molar refractivity (Wildman–Crippen MR) is 536 cm³/mol. The fourth-order valence-electron chi connectivity index (χ4n) is 19.4. The van der Waals surface area contributed by atoms with Crippen LogP contribution in [-0.4, -0.2) is 42.4 Å². The van der Waals surface area contributed by atoms with Gasteiger partial charge in [-0.3, -0.25) is 13.7 Å². The van der Waals surface area contributed by atoms with E-state index in [1.165, 1.54) is 0 Å². The minimum atomic E-state index is 0.478. The van der Waals surface area contributed by atoms with E-state index in [1.807, 2.05) is 244 Å². The third-order valence-electron chi connectivity index (χ3n) is 25.6. The van der Waals surface area contributed by atoms with Gasteiger partial charge in [0.15, 0.2) is 0 Å². The Balaban J connectivity index is 0.000000121. The van der Waals surface area contributed by atoms with Gasteiger partial charge >= 0.3 is 0 Å². The summed E-state index contributed by atoms with van der Waals surface area (Å²) in [5.41, 5.74) is 24.1. The van der Waals surface area contributed by atoms with E-state index in [2.05, 4.69) is 123 Å². The van der Waals surface area contributed by atoms with E-state index in [4.69, 9.17) is 15.0 Å². The van der Waals surface area contributed by atoms with Crippen LogP contribution in [0.5, 0.6) is 0 Å². The molecule has 9 heterocycles. The molecule has 15 aromatic carbocycles. The van der Waals surface area contributed by atoms with Gasteiger partial charge in [-0.25, -0.2) is 15.0 Å². The van der Waals surface area contributed by atoms with Crippen LogP contribution in [0.1, 0.15) is 72.3 Å². The van der Waals surface area contributed by atoms with Crippen LogP contribution in [0.3, 0.4) is 0 Å². The summed E-state index contributed by atoms with van der Waals surface area (Å²) < 4.78 is 12.3. The normalized spacial score (nSPS) is 10.9. The average Bonchev–Trinajstić information content (AvgIpc) is 1.57. The van der Waals surface area contributed by atoms with Crippen LogP contribution < -0.4 is 0 Å². The number of para-hydroxylation sites is 2. The lowest BCUT2D eigenvalue weighted by Crippen LogP contribution is -2.04. The van der Waals surface area contributed by atoms with E-state index in [-0.39, 0.29) is 0 Å². The Bertz CT molecular complexity index is 9970. The molecule has 0 atom stereocenters. The first-order valence-electron chi connectivity index (χ1n) is 43.7. The lowest BCUT2D eigenvalue weighted by atomic mass is 10.0. The molecule has 638 valence electrons. The van der Waals surface area contributed by atoms with Gasteiger partial charge in [0.25, 0.3) is 0 Å². The molecule has 140 heavy (non-hydrogen) atoms. The zero-order valence-electron chi connectivity index (χ0n) is 73.2. The van der Waals surface area contributed by atoms with Crippen molar-refractivity contribution in [2.75, 3.05) is 0 Å². The Hall–Kier alpha value is -22.1. The Labute approximate surface area is 795 Å². The minimum Gasteiger partial charge on any atom is -0.307 e. The zero-order chi connectivity index (χ0) is 95.7. The second-order valence-electron chi connectivity index (χ2n) is 33.2. The maximum Gasteiger partial charge on any atom is 0.138 e. The number of rotatable bonds is 9. The van der Waals surface area contributed by atoms with Crippen molar-refractivity contribution in [1.82, 2.24) is 42.4 Å². The molecule has 0 bridgehead atoms. The summed E-state index contributed by atoms with van der Waals surface area (Å²) in [6.45, 7) is 0. The van der Waals surface area contributed by atoms with Gasteiger partial charge in [0.1, 0.15) is 17.5 Å². The standard InChI is InChI=1S/2C40H18N8.C38H20N6/c41-18-24-2-1-3-29(12-24)30-17-40(48-37-10-6-27(21-44)15-33(37)34-16-28(22-45)7-11-38(34)48)46-23-39(30)47-35-8-4-25(19-42)13-31(35)32-14-26(20-43)5-9-36(32)47;41-18-24-2-1-3-29(12-24)34-17-40(48-37-15-27(21-44)6-10-32(37)33-11-7-28(22-45)16-38(33)48)46-23-39(34)47-35-13-25(19-42)4-8-30(35)31-9-5-26(20-43)14-36(31)47;39-20-24-6-5-7-27(16-24)30-19-38(44-34-11-4-2-9-29(34)32-18-26(22-41)13-15-36(32)44)42-23-37(30)43-33-10-3-1-8-28(33)31-17-25(21-40)12-14-35(31)43/h2*1-17,23H;1-19,23H. The molecule has 0 saturated heterocycles. The summed E-state index contributed by atoms with van der Waals surface area (Å²) in [5, 5.41) is 137. The molecule has 0 fully saturated rings. The Morgan fingerprint density at radius 3 is 0.614 bits per heavy atom. The van der Waals surface area contributed by atoms with Crippen molar-refractivity contribution in [3.63, 3.8) is 0 Å². The maximum absolute atomic E-state index is 9.81. The van der Waals surface area contributed by atoms with Gasteiger partial charge in [-0.1, -0.05) is 97.1 Å². The van der Waals surface area contributed by atoms with Crippen LogP contribution in [0, 0.1) is 147 Å². The third-order valence-corrected chi connectivity index (χ3v) is 25.6. The predicted octanol–water partition coefficient (Wildman–Crippen LogP) is 25.2.